The molecule has 2 aliphatic rings. The van der Waals surface area contributed by atoms with E-state index in [0.717, 1.165) is 11.1 Å². The third kappa shape index (κ3) is 2.58. The molecule has 128 valence electrons. The van der Waals surface area contributed by atoms with Crippen molar-refractivity contribution >= 4 is 17.4 Å². The molecule has 2 aromatic carbocycles. The summed E-state index contributed by atoms with van der Waals surface area (Å²) < 4.78 is 15.0. The summed E-state index contributed by atoms with van der Waals surface area (Å²) in [6, 6.07) is 10.4. The van der Waals surface area contributed by atoms with Gasteiger partial charge in [-0.1, -0.05) is 24.3 Å². The fourth-order valence-corrected chi connectivity index (χ4v) is 4.50. The topological polar surface area (TPSA) is 37.3 Å². The summed E-state index contributed by atoms with van der Waals surface area (Å²) >= 11 is 0. The van der Waals surface area contributed by atoms with E-state index in [0.29, 0.717) is 23.0 Å². The number of benzene rings is 2. The summed E-state index contributed by atoms with van der Waals surface area (Å²) in [6.45, 7) is 3.86. The molecule has 0 saturated heterocycles. The van der Waals surface area contributed by atoms with Crippen molar-refractivity contribution in [2.24, 2.45) is 0 Å². The Bertz CT molecular complexity index is 893. The van der Waals surface area contributed by atoms with Gasteiger partial charge in [-0.3, -0.25) is 0 Å². The van der Waals surface area contributed by atoms with E-state index in [4.69, 9.17) is 5.11 Å². The van der Waals surface area contributed by atoms with Crippen LogP contribution in [0.25, 0.3) is 11.4 Å². The Balaban J connectivity index is 1.75. The molecule has 1 saturated carbocycles. The molecular weight excluding hydrogens is 315 g/mol. The Morgan fingerprint density at radius 2 is 1.60 bits per heavy atom. The van der Waals surface area contributed by atoms with Crippen molar-refractivity contribution < 1.29 is 14.3 Å². The minimum absolute atomic E-state index is 0.166. The van der Waals surface area contributed by atoms with Gasteiger partial charge in [0.2, 0.25) is 0 Å². The van der Waals surface area contributed by atoms with Gasteiger partial charge in [-0.15, -0.1) is 0 Å². The second-order valence-electron chi connectivity index (χ2n) is 7.32. The molecule has 2 aliphatic carbocycles. The predicted molar refractivity (Wildman–Crippen MR) is 97.5 cm³/mol. The van der Waals surface area contributed by atoms with Crippen LogP contribution < -0.4 is 0 Å². The van der Waals surface area contributed by atoms with Crippen LogP contribution in [0.5, 0.6) is 0 Å². The van der Waals surface area contributed by atoms with Gasteiger partial charge in [-0.2, -0.15) is 0 Å². The zero-order chi connectivity index (χ0) is 17.7. The van der Waals surface area contributed by atoms with E-state index < -0.39 is 5.97 Å². The SMILES string of the molecule is C/C(=C(/F)c1ccc(C(=O)O)cc1)c1cc2c(cc1C)C1CCC2C1. The van der Waals surface area contributed by atoms with E-state index in [2.05, 4.69) is 12.1 Å². The molecule has 0 amide bonds. The molecule has 0 spiro atoms. The fourth-order valence-electron chi connectivity index (χ4n) is 4.50. The van der Waals surface area contributed by atoms with Gasteiger partial charge in [0.25, 0.3) is 0 Å². The molecule has 0 heterocycles. The first-order chi connectivity index (χ1) is 12.0. The van der Waals surface area contributed by atoms with E-state index >= 15 is 0 Å². The van der Waals surface area contributed by atoms with E-state index in [1.54, 1.807) is 0 Å². The van der Waals surface area contributed by atoms with Gasteiger partial charge in [0, 0.05) is 5.56 Å². The highest BCUT2D eigenvalue weighted by molar-refractivity contribution is 5.90. The lowest BCUT2D eigenvalue weighted by atomic mass is 9.86. The van der Waals surface area contributed by atoms with Crippen molar-refractivity contribution in [3.05, 3.63) is 69.8 Å². The zero-order valence-electron chi connectivity index (χ0n) is 14.5. The van der Waals surface area contributed by atoms with Crippen molar-refractivity contribution in [2.45, 2.75) is 44.9 Å². The summed E-state index contributed by atoms with van der Waals surface area (Å²) in [5, 5.41) is 8.97. The minimum atomic E-state index is -1.00. The van der Waals surface area contributed by atoms with Crippen molar-refractivity contribution in [1.29, 1.82) is 0 Å². The predicted octanol–water partition coefficient (Wildman–Crippen LogP) is 5.92. The Hall–Kier alpha value is -2.42. The molecule has 2 bridgehead atoms. The quantitative estimate of drug-likeness (QED) is 0.707. The van der Waals surface area contributed by atoms with Crippen LogP contribution in [-0.2, 0) is 0 Å². The van der Waals surface area contributed by atoms with Crippen LogP contribution in [0.3, 0.4) is 0 Å². The van der Waals surface area contributed by atoms with E-state index in [1.807, 2.05) is 13.8 Å². The van der Waals surface area contributed by atoms with Crippen LogP contribution >= 0.6 is 0 Å². The molecule has 25 heavy (non-hydrogen) atoms. The summed E-state index contributed by atoms with van der Waals surface area (Å²) in [5.41, 5.74) is 6.16. The van der Waals surface area contributed by atoms with E-state index in [1.165, 1.54) is 54.7 Å². The number of aryl methyl sites for hydroxylation is 1. The fraction of sp³-hybridized carbons (Fsp3) is 0.318. The first kappa shape index (κ1) is 16.1. The number of carboxylic acids is 1. The maximum Gasteiger partial charge on any atom is 0.335 e. The van der Waals surface area contributed by atoms with Gasteiger partial charge in [0.1, 0.15) is 5.83 Å². The molecule has 0 aliphatic heterocycles. The molecule has 1 fully saturated rings. The number of fused-ring (bicyclic) bond motifs is 5. The van der Waals surface area contributed by atoms with Gasteiger partial charge in [0.15, 0.2) is 0 Å². The largest absolute Gasteiger partial charge is 0.478 e. The first-order valence-electron chi connectivity index (χ1n) is 8.80. The van der Waals surface area contributed by atoms with Gasteiger partial charge in [-0.25, -0.2) is 9.18 Å². The van der Waals surface area contributed by atoms with Crippen LogP contribution in [0.2, 0.25) is 0 Å². The highest BCUT2D eigenvalue weighted by Gasteiger charge is 2.37. The minimum Gasteiger partial charge on any atom is -0.478 e. The number of aromatic carboxylic acids is 1. The Morgan fingerprint density at radius 1 is 1.04 bits per heavy atom. The van der Waals surface area contributed by atoms with Crippen molar-refractivity contribution in [1.82, 2.24) is 0 Å². The van der Waals surface area contributed by atoms with Crippen LogP contribution in [-0.4, -0.2) is 11.1 Å². The van der Waals surface area contributed by atoms with E-state index in [9.17, 15) is 9.18 Å². The number of rotatable bonds is 3. The molecule has 2 atom stereocenters. The Morgan fingerprint density at radius 3 is 2.20 bits per heavy atom. The highest BCUT2D eigenvalue weighted by atomic mass is 19.1. The first-order valence-corrected chi connectivity index (χ1v) is 8.80. The number of carboxylic acid groups (broad SMARTS) is 1. The number of halogens is 1. The average Bonchev–Trinajstić information content (AvgIpc) is 3.22. The molecule has 3 heteroatoms. The van der Waals surface area contributed by atoms with Gasteiger partial charge in [-0.05, 0) is 84.9 Å². The molecule has 4 rings (SSSR count). The zero-order valence-corrected chi connectivity index (χ0v) is 14.5. The van der Waals surface area contributed by atoms with Crippen LogP contribution in [0.15, 0.2) is 36.4 Å². The van der Waals surface area contributed by atoms with Crippen LogP contribution in [0.4, 0.5) is 4.39 Å². The van der Waals surface area contributed by atoms with E-state index in [-0.39, 0.29) is 11.4 Å². The summed E-state index contributed by atoms with van der Waals surface area (Å²) in [5.74, 6) is 0.0517. The molecule has 0 aromatic heterocycles. The Labute approximate surface area is 147 Å². The van der Waals surface area contributed by atoms with Crippen LogP contribution in [0.1, 0.15) is 76.2 Å². The number of hydrogen-bond acceptors (Lipinski definition) is 1. The highest BCUT2D eigenvalue weighted by Crippen LogP contribution is 2.54. The third-order valence-electron chi connectivity index (χ3n) is 5.86. The molecule has 0 radical (unpaired) electrons. The molecule has 2 aromatic rings. The smallest absolute Gasteiger partial charge is 0.335 e. The lowest BCUT2D eigenvalue weighted by Crippen LogP contribution is -2.01. The van der Waals surface area contributed by atoms with Gasteiger partial charge < -0.3 is 5.11 Å². The molecule has 1 N–H and O–H groups in total. The normalized spacial score (nSPS) is 21.9. The van der Waals surface area contributed by atoms with Crippen molar-refractivity contribution in [3.8, 4) is 0 Å². The Kier molecular flexibility index (Phi) is 3.75. The third-order valence-corrected chi connectivity index (χ3v) is 5.86. The average molecular weight is 336 g/mol. The van der Waals surface area contributed by atoms with Crippen molar-refractivity contribution in [2.75, 3.05) is 0 Å². The second kappa shape index (κ2) is 5.83. The number of carbonyl (C=O) groups is 1. The molecular formula is C22H21FO2. The monoisotopic (exact) mass is 336 g/mol. The standard InChI is InChI=1S/C22H21FO2/c1-12-9-19-16-7-8-17(10-16)20(19)11-18(12)13(2)21(23)14-3-5-15(6-4-14)22(24)25/h3-6,9,11,16-17H,7-8,10H2,1-2H3,(H,24,25)/b21-13-. The maximum atomic E-state index is 15.0. The number of allylic oxidation sites excluding steroid dienone is 1. The van der Waals surface area contributed by atoms with Crippen LogP contribution in [0, 0.1) is 6.92 Å². The lowest BCUT2D eigenvalue weighted by molar-refractivity contribution is 0.0697. The van der Waals surface area contributed by atoms with Crippen molar-refractivity contribution in [3.63, 3.8) is 0 Å². The molecule has 2 nitrogen and oxygen atoms in total. The van der Waals surface area contributed by atoms with Gasteiger partial charge >= 0.3 is 5.97 Å². The summed E-state index contributed by atoms with van der Waals surface area (Å²) in [7, 11) is 0. The lowest BCUT2D eigenvalue weighted by Gasteiger charge is -2.19. The van der Waals surface area contributed by atoms with Gasteiger partial charge in [0.05, 0.1) is 5.56 Å². The number of hydrogen-bond donors (Lipinski definition) is 1. The molecule has 2 unspecified atom stereocenters. The summed E-state index contributed by atoms with van der Waals surface area (Å²) in [4.78, 5) is 10.9. The summed E-state index contributed by atoms with van der Waals surface area (Å²) in [6.07, 6.45) is 3.79. The second-order valence-corrected chi connectivity index (χ2v) is 7.32. The maximum absolute atomic E-state index is 15.0.